The summed E-state index contributed by atoms with van der Waals surface area (Å²) in [4.78, 5) is 24.9. The number of phenolic OH excluding ortho intramolecular Hbond substituents is 1. The summed E-state index contributed by atoms with van der Waals surface area (Å²) < 4.78 is 0. The van der Waals surface area contributed by atoms with E-state index in [1.807, 2.05) is 12.1 Å². The van der Waals surface area contributed by atoms with Gasteiger partial charge in [0.05, 0.1) is 11.5 Å². The fraction of sp³-hybridized carbons (Fsp3) is 0.273. The lowest BCUT2D eigenvalue weighted by molar-refractivity contribution is -0.118. The summed E-state index contributed by atoms with van der Waals surface area (Å²) in [6.45, 7) is 0. The van der Waals surface area contributed by atoms with Crippen molar-refractivity contribution in [1.82, 2.24) is 5.32 Å². The van der Waals surface area contributed by atoms with E-state index in [1.165, 1.54) is 35.5 Å². The highest BCUT2D eigenvalue weighted by atomic mass is 32.2. The van der Waals surface area contributed by atoms with Crippen molar-refractivity contribution in [1.29, 1.82) is 0 Å². The third-order valence-corrected chi connectivity index (χ3v) is 6.14. The molecule has 1 atom stereocenters. The van der Waals surface area contributed by atoms with Crippen LogP contribution in [0.3, 0.4) is 0 Å². The van der Waals surface area contributed by atoms with Crippen molar-refractivity contribution in [2.75, 3.05) is 0 Å². The molecular weight excluding hydrogens is 386 g/mol. The van der Waals surface area contributed by atoms with E-state index in [-0.39, 0.29) is 23.9 Å². The van der Waals surface area contributed by atoms with Crippen molar-refractivity contribution >= 4 is 34.8 Å². The van der Waals surface area contributed by atoms with E-state index >= 15 is 0 Å². The molecule has 0 bridgehead atoms. The minimum atomic E-state index is -0.499. The molecule has 7 heteroatoms. The van der Waals surface area contributed by atoms with Crippen LogP contribution < -0.4 is 5.32 Å². The van der Waals surface area contributed by atoms with Crippen LogP contribution in [0.2, 0.25) is 0 Å². The van der Waals surface area contributed by atoms with Crippen LogP contribution in [0, 0.1) is 0 Å². The average Bonchev–Trinajstić information content (AvgIpc) is 3.08. The molecule has 0 radical (unpaired) electrons. The lowest BCUT2D eigenvalue weighted by Gasteiger charge is -2.16. The Hall–Kier alpha value is -2.93. The summed E-state index contributed by atoms with van der Waals surface area (Å²) in [7, 11) is 0. The molecule has 2 aromatic rings. The highest BCUT2D eigenvalue weighted by molar-refractivity contribution is 8.15. The standard InChI is InChI=1S/C22H21N3O3S/c26-18-9-5-14(6-10-18)13-23-25-22-24-21(28)20(29-22)12-19(27)17-8-7-15-3-1-2-4-16(15)11-17/h5-11,13,20,26H,1-4,12H2,(H,24,25,28)/b23-13+. The predicted molar refractivity (Wildman–Crippen MR) is 115 cm³/mol. The molecule has 2 aliphatic rings. The van der Waals surface area contributed by atoms with Crippen molar-refractivity contribution in [3.05, 3.63) is 64.7 Å². The Morgan fingerprint density at radius 3 is 2.69 bits per heavy atom. The Morgan fingerprint density at radius 1 is 1.14 bits per heavy atom. The number of carbonyl (C=O) groups excluding carboxylic acids is 2. The van der Waals surface area contributed by atoms with Gasteiger partial charge in [-0.2, -0.15) is 5.10 Å². The van der Waals surface area contributed by atoms with Gasteiger partial charge in [-0.1, -0.05) is 23.9 Å². The van der Waals surface area contributed by atoms with Gasteiger partial charge in [0.15, 0.2) is 11.0 Å². The largest absolute Gasteiger partial charge is 0.508 e. The summed E-state index contributed by atoms with van der Waals surface area (Å²) in [6, 6.07) is 12.4. The number of phenols is 1. The number of aromatic hydroxyl groups is 1. The number of nitrogens with one attached hydrogen (secondary N) is 1. The van der Waals surface area contributed by atoms with Gasteiger partial charge in [-0.05, 0) is 72.7 Å². The molecule has 0 spiro atoms. The average molecular weight is 407 g/mol. The number of Topliss-reactive ketones (excluding diaryl/α,β-unsaturated/α-hetero) is 1. The quantitative estimate of drug-likeness (QED) is 0.451. The Balaban J connectivity index is 1.38. The van der Waals surface area contributed by atoms with Gasteiger partial charge in [-0.25, -0.2) is 0 Å². The number of ketones is 1. The third-order valence-electron chi connectivity index (χ3n) is 5.07. The first-order chi connectivity index (χ1) is 14.1. The number of aryl methyl sites for hydroxylation is 2. The van der Waals surface area contributed by atoms with Gasteiger partial charge < -0.3 is 10.4 Å². The molecule has 1 aliphatic heterocycles. The molecule has 0 saturated carbocycles. The first-order valence-electron chi connectivity index (χ1n) is 9.61. The molecule has 4 rings (SSSR count). The fourth-order valence-corrected chi connectivity index (χ4v) is 4.41. The monoisotopic (exact) mass is 407 g/mol. The Labute approximate surface area is 173 Å². The van der Waals surface area contributed by atoms with Crippen LogP contribution in [0.1, 0.15) is 46.3 Å². The summed E-state index contributed by atoms with van der Waals surface area (Å²) in [6.07, 6.45) is 6.13. The van der Waals surface area contributed by atoms with Crippen LogP contribution in [0.15, 0.2) is 52.7 Å². The smallest absolute Gasteiger partial charge is 0.240 e. The molecule has 1 saturated heterocycles. The van der Waals surface area contributed by atoms with Crippen LogP contribution >= 0.6 is 11.8 Å². The zero-order chi connectivity index (χ0) is 20.2. The number of fused-ring (bicyclic) bond motifs is 1. The number of hydrogen-bond acceptors (Lipinski definition) is 6. The van der Waals surface area contributed by atoms with Gasteiger partial charge in [0.25, 0.3) is 0 Å². The molecule has 148 valence electrons. The van der Waals surface area contributed by atoms with E-state index in [1.54, 1.807) is 24.3 Å². The summed E-state index contributed by atoms with van der Waals surface area (Å²) in [5.74, 6) is -0.0710. The lowest BCUT2D eigenvalue weighted by Crippen LogP contribution is -2.26. The van der Waals surface area contributed by atoms with Gasteiger partial charge >= 0.3 is 0 Å². The van der Waals surface area contributed by atoms with Gasteiger partial charge in [0.2, 0.25) is 5.91 Å². The summed E-state index contributed by atoms with van der Waals surface area (Å²) in [5, 5.41) is 19.8. The van der Waals surface area contributed by atoms with E-state index in [4.69, 9.17) is 0 Å². The SMILES string of the molecule is O=C(CC1S/C(=N\N=C\c2ccc(O)cc2)NC1=O)c1ccc2c(c1)CCCC2. The van der Waals surface area contributed by atoms with Crippen molar-refractivity contribution in [3.63, 3.8) is 0 Å². The number of amidine groups is 1. The summed E-state index contributed by atoms with van der Waals surface area (Å²) >= 11 is 1.22. The topological polar surface area (TPSA) is 91.1 Å². The number of benzene rings is 2. The molecule has 0 aromatic heterocycles. The zero-order valence-corrected chi connectivity index (χ0v) is 16.6. The Kier molecular flexibility index (Phi) is 5.76. The Morgan fingerprint density at radius 2 is 1.90 bits per heavy atom. The highest BCUT2D eigenvalue weighted by Crippen LogP contribution is 2.26. The van der Waals surface area contributed by atoms with Gasteiger partial charge in [-0.3, -0.25) is 9.59 Å². The molecule has 6 nitrogen and oxygen atoms in total. The molecule has 1 unspecified atom stereocenters. The number of thioether (sulfide) groups is 1. The van der Waals surface area contributed by atoms with E-state index in [2.05, 4.69) is 21.6 Å². The van der Waals surface area contributed by atoms with Crippen LogP contribution in [-0.2, 0) is 17.6 Å². The number of hydrogen-bond donors (Lipinski definition) is 2. The number of rotatable bonds is 5. The van der Waals surface area contributed by atoms with Crippen LogP contribution in [-0.4, -0.2) is 33.4 Å². The number of amides is 1. The molecule has 2 aromatic carbocycles. The van der Waals surface area contributed by atoms with Gasteiger partial charge in [0, 0.05) is 12.0 Å². The first kappa shape index (κ1) is 19.4. The maximum atomic E-state index is 12.7. The van der Waals surface area contributed by atoms with E-state index in [0.717, 1.165) is 24.8 Å². The summed E-state index contributed by atoms with van der Waals surface area (Å²) in [5.41, 5.74) is 4.05. The number of carbonyl (C=O) groups is 2. The maximum Gasteiger partial charge on any atom is 0.240 e. The zero-order valence-electron chi connectivity index (χ0n) is 15.8. The second kappa shape index (κ2) is 8.61. The molecular formula is C22H21N3O3S. The minimum absolute atomic E-state index is 0.0279. The molecule has 1 amide bonds. The predicted octanol–water partition coefficient (Wildman–Crippen LogP) is 3.47. The van der Waals surface area contributed by atoms with E-state index in [9.17, 15) is 14.7 Å². The van der Waals surface area contributed by atoms with E-state index < -0.39 is 5.25 Å². The molecule has 1 aliphatic carbocycles. The third kappa shape index (κ3) is 4.74. The highest BCUT2D eigenvalue weighted by Gasteiger charge is 2.32. The molecule has 1 heterocycles. The van der Waals surface area contributed by atoms with Crippen molar-refractivity contribution < 1.29 is 14.7 Å². The van der Waals surface area contributed by atoms with Gasteiger partial charge in [-0.15, -0.1) is 5.10 Å². The second-order valence-corrected chi connectivity index (χ2v) is 8.35. The maximum absolute atomic E-state index is 12.7. The second-order valence-electron chi connectivity index (χ2n) is 7.15. The van der Waals surface area contributed by atoms with Crippen LogP contribution in [0.5, 0.6) is 5.75 Å². The lowest BCUT2D eigenvalue weighted by atomic mass is 9.89. The molecule has 29 heavy (non-hydrogen) atoms. The van der Waals surface area contributed by atoms with Crippen molar-refractivity contribution in [2.45, 2.75) is 37.4 Å². The normalized spacial score (nSPS) is 20.1. The first-order valence-corrected chi connectivity index (χ1v) is 10.5. The number of nitrogens with zero attached hydrogens (tertiary/aromatic N) is 2. The Bertz CT molecular complexity index is 999. The molecule has 1 fully saturated rings. The fourth-order valence-electron chi connectivity index (χ4n) is 3.49. The van der Waals surface area contributed by atoms with Crippen LogP contribution in [0.25, 0.3) is 0 Å². The van der Waals surface area contributed by atoms with Gasteiger partial charge in [0.1, 0.15) is 5.75 Å². The molecule has 2 N–H and O–H groups in total. The van der Waals surface area contributed by atoms with Crippen molar-refractivity contribution in [3.8, 4) is 5.75 Å². The van der Waals surface area contributed by atoms with E-state index in [0.29, 0.717) is 10.7 Å². The van der Waals surface area contributed by atoms with Crippen molar-refractivity contribution in [2.24, 2.45) is 10.2 Å². The minimum Gasteiger partial charge on any atom is -0.508 e. The van der Waals surface area contributed by atoms with Crippen LogP contribution in [0.4, 0.5) is 0 Å².